The highest BCUT2D eigenvalue weighted by Crippen LogP contribution is 2.47. The Kier molecular flexibility index (Phi) is 9.40. The van der Waals surface area contributed by atoms with E-state index in [2.05, 4.69) is 4.90 Å². The number of nitrogens with zero attached hydrogens (tertiary/aromatic N) is 2. The van der Waals surface area contributed by atoms with Crippen molar-refractivity contribution < 1.29 is 32.5 Å². The van der Waals surface area contributed by atoms with Gasteiger partial charge < -0.3 is 19.3 Å². The van der Waals surface area contributed by atoms with Crippen molar-refractivity contribution in [3.8, 4) is 17.2 Å². The Bertz CT molecular complexity index is 1210. The third-order valence-electron chi connectivity index (χ3n) is 7.20. The first-order valence-electron chi connectivity index (χ1n) is 12.8. The van der Waals surface area contributed by atoms with E-state index in [9.17, 15) is 18.3 Å². The van der Waals surface area contributed by atoms with Gasteiger partial charge in [-0.2, -0.15) is 0 Å². The van der Waals surface area contributed by atoms with Crippen molar-refractivity contribution >= 4 is 27.6 Å². The minimum atomic E-state index is -3.47. The molecule has 1 N–H and O–H groups in total. The molecule has 0 radical (unpaired) electrons. The lowest BCUT2D eigenvalue weighted by Gasteiger charge is -2.30. The van der Waals surface area contributed by atoms with Crippen molar-refractivity contribution in [2.24, 2.45) is 5.92 Å². The van der Waals surface area contributed by atoms with E-state index in [1.807, 2.05) is 49.4 Å². The fourth-order valence-electron chi connectivity index (χ4n) is 5.39. The summed E-state index contributed by atoms with van der Waals surface area (Å²) in [6, 6.07) is 12.5. The maximum absolute atomic E-state index is 13.0. The number of ether oxygens (including phenoxy) is 3. The van der Waals surface area contributed by atoms with Gasteiger partial charge in [-0.1, -0.05) is 25.1 Å². The van der Waals surface area contributed by atoms with Crippen LogP contribution in [0.1, 0.15) is 42.9 Å². The van der Waals surface area contributed by atoms with E-state index in [1.165, 1.54) is 4.31 Å². The van der Waals surface area contributed by atoms with E-state index in [0.29, 0.717) is 49.7 Å². The SMILES string of the molecule is CCCN(CCN1C[C@@H](c2ccc3c(c2)OCO3)[C@H](C(=O)O)[C@H]1c1ccc(OC)cc1)S(=O)(=O)CCCCl. The number of fused-ring (bicyclic) bond motifs is 1. The summed E-state index contributed by atoms with van der Waals surface area (Å²) in [5, 5.41) is 10.5. The van der Waals surface area contributed by atoms with Crippen molar-refractivity contribution in [1.82, 2.24) is 9.21 Å². The highest BCUT2D eigenvalue weighted by Gasteiger charge is 2.47. The highest BCUT2D eigenvalue weighted by atomic mass is 35.5. The van der Waals surface area contributed by atoms with Gasteiger partial charge in [0.1, 0.15) is 5.75 Å². The van der Waals surface area contributed by atoms with Crippen molar-refractivity contribution in [2.45, 2.75) is 31.7 Å². The number of aliphatic carboxylic acids is 1. The molecule has 11 heteroatoms. The van der Waals surface area contributed by atoms with Crippen molar-refractivity contribution in [1.29, 1.82) is 0 Å². The molecule has 1 saturated heterocycles. The molecule has 0 bridgehead atoms. The van der Waals surface area contributed by atoms with E-state index < -0.39 is 28.0 Å². The Morgan fingerprint density at radius 2 is 1.84 bits per heavy atom. The molecule has 1 fully saturated rings. The minimum Gasteiger partial charge on any atom is -0.497 e. The van der Waals surface area contributed by atoms with Gasteiger partial charge in [0.05, 0.1) is 18.8 Å². The van der Waals surface area contributed by atoms with Gasteiger partial charge in [0.15, 0.2) is 11.5 Å². The van der Waals surface area contributed by atoms with Crippen LogP contribution in [0.3, 0.4) is 0 Å². The molecule has 0 saturated carbocycles. The lowest BCUT2D eigenvalue weighted by molar-refractivity contribution is -0.143. The number of benzene rings is 2. The molecule has 0 unspecified atom stereocenters. The van der Waals surface area contributed by atoms with Gasteiger partial charge in [0, 0.05) is 44.0 Å². The summed E-state index contributed by atoms with van der Waals surface area (Å²) in [5.74, 6) is 0.203. The van der Waals surface area contributed by atoms with E-state index in [0.717, 1.165) is 11.1 Å². The van der Waals surface area contributed by atoms with Crippen LogP contribution < -0.4 is 14.2 Å². The molecule has 2 aromatic rings. The zero-order valence-electron chi connectivity index (χ0n) is 21.7. The summed E-state index contributed by atoms with van der Waals surface area (Å²) in [7, 11) is -1.89. The number of alkyl halides is 1. The standard InChI is InChI=1S/C27H35ClN2O7S/c1-3-12-30(38(33,34)15-4-11-28)14-13-29-17-22(20-7-10-23-24(16-20)37-18-36-23)25(27(31)32)26(29)19-5-8-21(35-2)9-6-19/h5-10,16,22,25-26H,3-4,11-15,17-18H2,1-2H3,(H,31,32)/t22-,25-,26+/m0/s1. The van der Waals surface area contributed by atoms with Gasteiger partial charge in [-0.05, 0) is 48.2 Å². The number of carboxylic acid groups (broad SMARTS) is 1. The second-order valence-corrected chi connectivity index (χ2v) is 12.0. The summed E-state index contributed by atoms with van der Waals surface area (Å²) < 4.78 is 43.8. The molecular weight excluding hydrogens is 532 g/mol. The highest BCUT2D eigenvalue weighted by molar-refractivity contribution is 7.89. The lowest BCUT2D eigenvalue weighted by Crippen LogP contribution is -2.40. The van der Waals surface area contributed by atoms with E-state index >= 15 is 0 Å². The van der Waals surface area contributed by atoms with Crippen LogP contribution >= 0.6 is 11.6 Å². The van der Waals surface area contributed by atoms with E-state index in [-0.39, 0.29) is 30.9 Å². The van der Waals surface area contributed by atoms with Gasteiger partial charge in [-0.15, -0.1) is 11.6 Å². The average Bonchev–Trinajstić information content (AvgIpc) is 3.54. The molecule has 3 atom stereocenters. The predicted octanol–water partition coefficient (Wildman–Crippen LogP) is 3.94. The molecular formula is C27H35ClN2O7S. The van der Waals surface area contributed by atoms with Crippen LogP contribution in [0.15, 0.2) is 42.5 Å². The molecule has 2 aromatic carbocycles. The van der Waals surface area contributed by atoms with Crippen LogP contribution in [-0.2, 0) is 14.8 Å². The zero-order chi connectivity index (χ0) is 27.3. The predicted molar refractivity (Wildman–Crippen MR) is 145 cm³/mol. The maximum atomic E-state index is 13.0. The summed E-state index contributed by atoms with van der Waals surface area (Å²) in [4.78, 5) is 14.9. The first kappa shape index (κ1) is 28.5. The monoisotopic (exact) mass is 566 g/mol. The van der Waals surface area contributed by atoms with Gasteiger partial charge >= 0.3 is 5.97 Å². The fraction of sp³-hybridized carbons (Fsp3) is 0.519. The van der Waals surface area contributed by atoms with E-state index in [4.69, 9.17) is 25.8 Å². The van der Waals surface area contributed by atoms with Crippen molar-refractivity contribution in [3.63, 3.8) is 0 Å². The lowest BCUT2D eigenvalue weighted by atomic mass is 9.82. The topological polar surface area (TPSA) is 106 Å². The van der Waals surface area contributed by atoms with E-state index in [1.54, 1.807) is 7.11 Å². The number of carboxylic acids is 1. The van der Waals surface area contributed by atoms with Crippen molar-refractivity contribution in [3.05, 3.63) is 53.6 Å². The zero-order valence-corrected chi connectivity index (χ0v) is 23.3. The summed E-state index contributed by atoms with van der Waals surface area (Å²) in [5.41, 5.74) is 1.69. The third kappa shape index (κ3) is 6.20. The normalized spacial score (nSPS) is 21.2. The third-order valence-corrected chi connectivity index (χ3v) is 9.43. The Morgan fingerprint density at radius 3 is 2.50 bits per heavy atom. The number of carbonyl (C=O) groups is 1. The first-order chi connectivity index (χ1) is 18.3. The quantitative estimate of drug-likeness (QED) is 0.364. The van der Waals surface area contributed by atoms with Crippen LogP contribution in [0.5, 0.6) is 17.2 Å². The minimum absolute atomic E-state index is 0.00399. The number of hydrogen-bond donors (Lipinski definition) is 1. The molecule has 2 aliphatic heterocycles. The van der Waals surface area contributed by atoms with Crippen LogP contribution in [0, 0.1) is 5.92 Å². The fourth-order valence-corrected chi connectivity index (χ4v) is 7.27. The summed E-state index contributed by atoms with van der Waals surface area (Å²) in [6.07, 6.45) is 1.06. The molecule has 0 spiro atoms. The Morgan fingerprint density at radius 1 is 1.13 bits per heavy atom. The maximum Gasteiger partial charge on any atom is 0.309 e. The number of sulfonamides is 1. The van der Waals surface area contributed by atoms with Gasteiger partial charge in [-0.3, -0.25) is 9.69 Å². The van der Waals surface area contributed by atoms with Gasteiger partial charge in [0.2, 0.25) is 16.8 Å². The summed E-state index contributed by atoms with van der Waals surface area (Å²) in [6.45, 7) is 3.59. The molecule has 2 heterocycles. The molecule has 0 amide bonds. The second-order valence-electron chi connectivity index (χ2n) is 9.55. The van der Waals surface area contributed by atoms with Crippen molar-refractivity contribution in [2.75, 3.05) is 51.7 Å². The number of methoxy groups -OCH3 is 1. The van der Waals surface area contributed by atoms with Crippen LogP contribution in [0.4, 0.5) is 0 Å². The second kappa shape index (κ2) is 12.5. The number of rotatable bonds is 13. The molecule has 9 nitrogen and oxygen atoms in total. The average molecular weight is 567 g/mol. The number of likely N-dealkylation sites (tertiary alicyclic amines) is 1. The summed E-state index contributed by atoms with van der Waals surface area (Å²) >= 11 is 5.76. The molecule has 2 aliphatic rings. The molecule has 4 rings (SSSR count). The smallest absolute Gasteiger partial charge is 0.309 e. The van der Waals surface area contributed by atoms with Gasteiger partial charge in [-0.25, -0.2) is 12.7 Å². The Labute approximate surface area is 229 Å². The molecule has 0 aliphatic carbocycles. The largest absolute Gasteiger partial charge is 0.497 e. The first-order valence-corrected chi connectivity index (χ1v) is 15.0. The number of hydrogen-bond acceptors (Lipinski definition) is 7. The van der Waals surface area contributed by atoms with Crippen LogP contribution in [-0.4, -0.2) is 80.4 Å². The molecule has 208 valence electrons. The molecule has 0 aromatic heterocycles. The van der Waals surface area contributed by atoms with Crippen LogP contribution in [0.25, 0.3) is 0 Å². The van der Waals surface area contributed by atoms with Crippen LogP contribution in [0.2, 0.25) is 0 Å². The Hall–Kier alpha value is -2.53. The van der Waals surface area contributed by atoms with Gasteiger partial charge in [0.25, 0.3) is 0 Å². The Balaban J connectivity index is 1.66. The number of halogens is 1. The molecule has 38 heavy (non-hydrogen) atoms.